The van der Waals surface area contributed by atoms with Gasteiger partial charge in [-0.25, -0.2) is 9.38 Å². The van der Waals surface area contributed by atoms with Crippen molar-refractivity contribution < 1.29 is 9.13 Å². The Labute approximate surface area is 178 Å². The topological polar surface area (TPSA) is 45.7 Å². The SMILES string of the molecule is CCNC(=NCc1ccccc1F)NCCCCOCc1ccccc1.I. The monoisotopic (exact) mass is 485 g/mol. The van der Waals surface area contributed by atoms with Gasteiger partial charge in [-0.2, -0.15) is 0 Å². The fourth-order valence-corrected chi connectivity index (χ4v) is 2.43. The standard InChI is InChI=1S/C21H28FN3O.HI/c1-2-23-21(25-16-19-12-6-7-13-20(19)22)24-14-8-9-15-26-17-18-10-4-3-5-11-18;/h3-7,10-13H,2,8-9,14-17H2,1H3,(H2,23,24,25);1H. The van der Waals surface area contributed by atoms with Gasteiger partial charge in [0.05, 0.1) is 13.2 Å². The Morgan fingerprint density at radius 1 is 1.00 bits per heavy atom. The second-order valence-corrected chi connectivity index (χ2v) is 5.96. The molecule has 0 radical (unpaired) electrons. The van der Waals surface area contributed by atoms with Crippen molar-refractivity contribution in [1.29, 1.82) is 0 Å². The summed E-state index contributed by atoms with van der Waals surface area (Å²) in [5.74, 6) is 0.489. The lowest BCUT2D eigenvalue weighted by atomic mass is 10.2. The molecule has 0 aliphatic rings. The minimum atomic E-state index is -0.220. The molecule has 0 amide bonds. The summed E-state index contributed by atoms with van der Waals surface area (Å²) in [5, 5.41) is 6.46. The molecule has 0 saturated carbocycles. The minimum Gasteiger partial charge on any atom is -0.377 e. The Morgan fingerprint density at radius 2 is 1.74 bits per heavy atom. The van der Waals surface area contributed by atoms with Gasteiger partial charge in [0.15, 0.2) is 5.96 Å². The van der Waals surface area contributed by atoms with Crippen LogP contribution in [0.4, 0.5) is 4.39 Å². The maximum atomic E-state index is 13.6. The molecular weight excluding hydrogens is 456 g/mol. The van der Waals surface area contributed by atoms with E-state index in [9.17, 15) is 4.39 Å². The fraction of sp³-hybridized carbons (Fsp3) is 0.381. The molecule has 0 atom stereocenters. The molecule has 6 heteroatoms. The van der Waals surface area contributed by atoms with E-state index in [2.05, 4.69) is 27.8 Å². The molecule has 0 heterocycles. The zero-order valence-electron chi connectivity index (χ0n) is 15.8. The summed E-state index contributed by atoms with van der Waals surface area (Å²) in [6.45, 7) is 5.29. The number of ether oxygens (including phenoxy) is 1. The van der Waals surface area contributed by atoms with Gasteiger partial charge in [0.1, 0.15) is 5.82 Å². The number of aliphatic imine (C=N–C) groups is 1. The first-order chi connectivity index (χ1) is 12.8. The van der Waals surface area contributed by atoms with Crippen LogP contribution in [0.25, 0.3) is 0 Å². The number of halogens is 2. The van der Waals surface area contributed by atoms with Crippen LogP contribution in [0.1, 0.15) is 30.9 Å². The summed E-state index contributed by atoms with van der Waals surface area (Å²) in [5.41, 5.74) is 1.79. The number of benzene rings is 2. The highest BCUT2D eigenvalue weighted by Gasteiger charge is 2.01. The van der Waals surface area contributed by atoms with Crippen LogP contribution in [0.2, 0.25) is 0 Å². The van der Waals surface area contributed by atoms with Gasteiger partial charge in [0, 0.05) is 25.3 Å². The van der Waals surface area contributed by atoms with Gasteiger partial charge in [-0.3, -0.25) is 0 Å². The first-order valence-corrected chi connectivity index (χ1v) is 9.17. The van der Waals surface area contributed by atoms with E-state index in [0.29, 0.717) is 24.7 Å². The van der Waals surface area contributed by atoms with Crippen molar-refractivity contribution in [2.75, 3.05) is 19.7 Å². The zero-order chi connectivity index (χ0) is 18.5. The number of guanidine groups is 1. The van der Waals surface area contributed by atoms with Crippen molar-refractivity contribution in [3.05, 3.63) is 71.5 Å². The molecule has 0 fully saturated rings. The summed E-state index contributed by atoms with van der Waals surface area (Å²) >= 11 is 0. The third kappa shape index (κ3) is 9.72. The average Bonchev–Trinajstić information content (AvgIpc) is 2.67. The molecule has 148 valence electrons. The van der Waals surface area contributed by atoms with E-state index in [1.807, 2.05) is 31.2 Å². The maximum absolute atomic E-state index is 13.6. The van der Waals surface area contributed by atoms with E-state index in [-0.39, 0.29) is 29.8 Å². The van der Waals surface area contributed by atoms with Crippen molar-refractivity contribution in [2.45, 2.75) is 32.9 Å². The second kappa shape index (κ2) is 14.4. The summed E-state index contributed by atoms with van der Waals surface area (Å²) in [6.07, 6.45) is 1.96. The van der Waals surface area contributed by atoms with Crippen LogP contribution in [-0.4, -0.2) is 25.7 Å². The number of nitrogens with one attached hydrogen (secondary N) is 2. The average molecular weight is 485 g/mol. The van der Waals surface area contributed by atoms with Gasteiger partial charge in [0.2, 0.25) is 0 Å². The van der Waals surface area contributed by atoms with E-state index in [4.69, 9.17) is 4.74 Å². The van der Waals surface area contributed by atoms with Gasteiger partial charge in [0.25, 0.3) is 0 Å². The summed E-state index contributed by atoms with van der Waals surface area (Å²) in [6, 6.07) is 16.9. The van der Waals surface area contributed by atoms with Crippen molar-refractivity contribution in [3.8, 4) is 0 Å². The lowest BCUT2D eigenvalue weighted by Crippen LogP contribution is -2.37. The molecular formula is C21H29FIN3O. The zero-order valence-corrected chi connectivity index (χ0v) is 18.1. The molecule has 2 N–H and O–H groups in total. The predicted octanol–water partition coefficient (Wildman–Crippen LogP) is 4.50. The molecule has 2 aromatic rings. The summed E-state index contributed by atoms with van der Waals surface area (Å²) in [7, 11) is 0. The van der Waals surface area contributed by atoms with Crippen LogP contribution >= 0.6 is 24.0 Å². The van der Waals surface area contributed by atoms with Crippen molar-refractivity contribution in [2.24, 2.45) is 4.99 Å². The molecule has 0 bridgehead atoms. The highest BCUT2D eigenvalue weighted by molar-refractivity contribution is 14.0. The van der Waals surface area contributed by atoms with E-state index in [1.54, 1.807) is 12.1 Å². The Bertz CT molecular complexity index is 667. The van der Waals surface area contributed by atoms with Crippen LogP contribution < -0.4 is 10.6 Å². The molecule has 0 unspecified atom stereocenters. The van der Waals surface area contributed by atoms with Crippen molar-refractivity contribution in [3.63, 3.8) is 0 Å². The number of rotatable bonds is 10. The van der Waals surface area contributed by atoms with Crippen LogP contribution in [0, 0.1) is 5.82 Å². The van der Waals surface area contributed by atoms with Crippen molar-refractivity contribution in [1.82, 2.24) is 10.6 Å². The first kappa shape index (κ1) is 23.4. The highest BCUT2D eigenvalue weighted by atomic mass is 127. The number of unbranched alkanes of at least 4 members (excludes halogenated alkanes) is 1. The lowest BCUT2D eigenvalue weighted by Gasteiger charge is -2.11. The predicted molar refractivity (Wildman–Crippen MR) is 120 cm³/mol. The molecule has 0 spiro atoms. The lowest BCUT2D eigenvalue weighted by molar-refractivity contribution is 0.117. The summed E-state index contributed by atoms with van der Waals surface area (Å²) < 4.78 is 19.3. The quantitative estimate of drug-likeness (QED) is 0.226. The molecule has 2 aromatic carbocycles. The third-order valence-corrected chi connectivity index (χ3v) is 3.83. The molecule has 0 aromatic heterocycles. The van der Waals surface area contributed by atoms with Crippen molar-refractivity contribution >= 4 is 29.9 Å². The van der Waals surface area contributed by atoms with Crippen LogP contribution in [0.15, 0.2) is 59.6 Å². The van der Waals surface area contributed by atoms with Gasteiger partial charge in [-0.05, 0) is 31.4 Å². The van der Waals surface area contributed by atoms with Crippen LogP contribution in [0.3, 0.4) is 0 Å². The Hall–Kier alpha value is -1.67. The van der Waals surface area contributed by atoms with E-state index < -0.39 is 0 Å². The highest BCUT2D eigenvalue weighted by Crippen LogP contribution is 2.07. The van der Waals surface area contributed by atoms with Gasteiger partial charge >= 0.3 is 0 Å². The maximum Gasteiger partial charge on any atom is 0.191 e. The summed E-state index contributed by atoms with van der Waals surface area (Å²) in [4.78, 5) is 4.44. The molecule has 4 nitrogen and oxygen atoms in total. The van der Waals surface area contributed by atoms with Gasteiger partial charge < -0.3 is 15.4 Å². The van der Waals surface area contributed by atoms with Crippen LogP contribution in [-0.2, 0) is 17.9 Å². The first-order valence-electron chi connectivity index (χ1n) is 9.17. The molecule has 0 aliphatic carbocycles. The minimum absolute atomic E-state index is 0. The number of hydrogen-bond donors (Lipinski definition) is 2. The molecule has 27 heavy (non-hydrogen) atoms. The molecule has 0 saturated heterocycles. The number of nitrogens with zero attached hydrogens (tertiary/aromatic N) is 1. The van der Waals surface area contributed by atoms with Gasteiger partial charge in [-0.1, -0.05) is 48.5 Å². The molecule has 2 rings (SSSR count). The van der Waals surface area contributed by atoms with Gasteiger partial charge in [-0.15, -0.1) is 24.0 Å². The molecule has 0 aliphatic heterocycles. The Morgan fingerprint density at radius 3 is 2.48 bits per heavy atom. The normalized spacial score (nSPS) is 11.0. The third-order valence-electron chi connectivity index (χ3n) is 3.83. The van der Waals surface area contributed by atoms with E-state index in [1.165, 1.54) is 11.6 Å². The second-order valence-electron chi connectivity index (χ2n) is 5.96. The Kier molecular flexibility index (Phi) is 12.5. The number of hydrogen-bond acceptors (Lipinski definition) is 2. The van der Waals surface area contributed by atoms with E-state index >= 15 is 0 Å². The fourth-order valence-electron chi connectivity index (χ4n) is 2.43. The van der Waals surface area contributed by atoms with E-state index in [0.717, 1.165) is 32.5 Å². The van der Waals surface area contributed by atoms with Crippen LogP contribution in [0.5, 0.6) is 0 Å². The smallest absolute Gasteiger partial charge is 0.191 e. The largest absolute Gasteiger partial charge is 0.377 e. The Balaban J connectivity index is 0.00000364.